The minimum Gasteiger partial charge on any atom is -0.395 e. The quantitative estimate of drug-likeness (QED) is 0.702. The summed E-state index contributed by atoms with van der Waals surface area (Å²) >= 11 is 5.54. The number of fused-ring (bicyclic) bond motifs is 1. The third-order valence-electron chi connectivity index (χ3n) is 3.96. The van der Waals surface area contributed by atoms with Crippen LogP contribution in [0.2, 0.25) is 0 Å². The van der Waals surface area contributed by atoms with E-state index in [4.69, 9.17) is 12.2 Å². The zero-order valence-electron chi connectivity index (χ0n) is 14.2. The van der Waals surface area contributed by atoms with Crippen molar-refractivity contribution < 1.29 is 5.11 Å². The normalized spacial score (nSPS) is 10.7. The fourth-order valence-corrected chi connectivity index (χ4v) is 2.87. The molecule has 0 amide bonds. The first kappa shape index (κ1) is 17.3. The molecule has 0 saturated carbocycles. The van der Waals surface area contributed by atoms with E-state index in [0.29, 0.717) is 11.7 Å². The highest BCUT2D eigenvalue weighted by molar-refractivity contribution is 7.80. The molecule has 3 rings (SSSR count). The third kappa shape index (κ3) is 3.92. The van der Waals surface area contributed by atoms with Crippen molar-refractivity contribution in [2.75, 3.05) is 23.4 Å². The van der Waals surface area contributed by atoms with Crippen LogP contribution in [0.1, 0.15) is 11.4 Å². The van der Waals surface area contributed by atoms with Gasteiger partial charge in [0, 0.05) is 17.9 Å². The summed E-state index contributed by atoms with van der Waals surface area (Å²) in [5, 5.41) is 13.1. The van der Waals surface area contributed by atoms with Gasteiger partial charge in [0.2, 0.25) is 0 Å². The topological polar surface area (TPSA) is 61.3 Å². The fraction of sp³-hybridized carbons (Fsp3) is 0.211. The van der Waals surface area contributed by atoms with E-state index in [1.807, 2.05) is 67.3 Å². The van der Waals surface area contributed by atoms with Crippen molar-refractivity contribution in [2.45, 2.75) is 13.8 Å². The van der Waals surface area contributed by atoms with Crippen molar-refractivity contribution in [1.29, 1.82) is 0 Å². The summed E-state index contributed by atoms with van der Waals surface area (Å²) in [5.74, 6) is 0. The molecular weight excluding hydrogens is 332 g/mol. The van der Waals surface area contributed by atoms with Gasteiger partial charge in [-0.2, -0.15) is 0 Å². The molecule has 0 aliphatic heterocycles. The highest BCUT2D eigenvalue weighted by atomic mass is 32.1. The van der Waals surface area contributed by atoms with Crippen LogP contribution in [0.4, 0.5) is 11.4 Å². The molecule has 5 nitrogen and oxygen atoms in total. The second-order valence-corrected chi connectivity index (χ2v) is 6.13. The molecule has 0 saturated heterocycles. The van der Waals surface area contributed by atoms with Gasteiger partial charge in [0.25, 0.3) is 0 Å². The maximum Gasteiger partial charge on any atom is 0.178 e. The van der Waals surface area contributed by atoms with Crippen molar-refractivity contribution in [3.63, 3.8) is 0 Å². The van der Waals surface area contributed by atoms with E-state index in [9.17, 15) is 5.11 Å². The minimum absolute atomic E-state index is 0.0123. The number of hydrogen-bond donors (Lipinski definition) is 2. The molecule has 1 aromatic heterocycles. The Kier molecular flexibility index (Phi) is 5.21. The second-order valence-electron chi connectivity index (χ2n) is 5.74. The molecule has 2 aromatic carbocycles. The van der Waals surface area contributed by atoms with Gasteiger partial charge in [-0.3, -0.25) is 0 Å². The Hall–Kier alpha value is -2.57. The number of anilines is 2. The van der Waals surface area contributed by atoms with Crippen molar-refractivity contribution in [1.82, 2.24) is 9.97 Å². The van der Waals surface area contributed by atoms with E-state index in [1.54, 1.807) is 0 Å². The smallest absolute Gasteiger partial charge is 0.178 e. The van der Waals surface area contributed by atoms with E-state index >= 15 is 0 Å². The van der Waals surface area contributed by atoms with Crippen molar-refractivity contribution in [3.05, 3.63) is 59.9 Å². The zero-order valence-corrected chi connectivity index (χ0v) is 15.0. The summed E-state index contributed by atoms with van der Waals surface area (Å²) in [6, 6.07) is 15.5. The first-order valence-electron chi connectivity index (χ1n) is 8.08. The number of nitrogens with one attached hydrogen (secondary N) is 1. The van der Waals surface area contributed by atoms with Crippen LogP contribution < -0.4 is 10.2 Å². The maximum absolute atomic E-state index is 9.36. The summed E-state index contributed by atoms with van der Waals surface area (Å²) in [7, 11) is 0. The van der Waals surface area contributed by atoms with Gasteiger partial charge < -0.3 is 15.3 Å². The van der Waals surface area contributed by atoms with Crippen LogP contribution in [-0.2, 0) is 0 Å². The van der Waals surface area contributed by atoms with Gasteiger partial charge in [-0.1, -0.05) is 18.2 Å². The monoisotopic (exact) mass is 352 g/mol. The molecule has 0 atom stereocenters. The number of rotatable bonds is 4. The molecule has 0 radical (unpaired) electrons. The average Bonchev–Trinajstić information content (AvgIpc) is 2.61. The highest BCUT2D eigenvalue weighted by Crippen LogP contribution is 2.20. The van der Waals surface area contributed by atoms with Gasteiger partial charge in [-0.15, -0.1) is 0 Å². The number of aryl methyl sites for hydroxylation is 2. The number of hydrogen-bond acceptors (Lipinski definition) is 4. The largest absolute Gasteiger partial charge is 0.395 e. The molecule has 128 valence electrons. The number of benzene rings is 2. The SMILES string of the molecule is Cc1nc2ccc(NC(=S)N(CCO)c3ccccc3)cc2nc1C. The van der Waals surface area contributed by atoms with Gasteiger partial charge >= 0.3 is 0 Å². The van der Waals surface area contributed by atoms with E-state index in [-0.39, 0.29) is 6.61 Å². The van der Waals surface area contributed by atoms with Crippen LogP contribution in [-0.4, -0.2) is 33.3 Å². The first-order valence-corrected chi connectivity index (χ1v) is 8.49. The summed E-state index contributed by atoms with van der Waals surface area (Å²) in [4.78, 5) is 11.0. The lowest BCUT2D eigenvalue weighted by Gasteiger charge is -2.25. The Morgan fingerprint density at radius 1 is 1.04 bits per heavy atom. The predicted molar refractivity (Wildman–Crippen MR) is 106 cm³/mol. The van der Waals surface area contributed by atoms with Gasteiger partial charge in [-0.05, 0) is 56.4 Å². The van der Waals surface area contributed by atoms with Crippen LogP contribution in [0.25, 0.3) is 11.0 Å². The molecule has 0 spiro atoms. The van der Waals surface area contributed by atoms with E-state index in [0.717, 1.165) is 33.8 Å². The summed E-state index contributed by atoms with van der Waals surface area (Å²) in [6.45, 7) is 4.33. The van der Waals surface area contributed by atoms with Gasteiger partial charge in [0.05, 0.1) is 29.0 Å². The third-order valence-corrected chi connectivity index (χ3v) is 4.29. The molecule has 0 aliphatic rings. The molecule has 6 heteroatoms. The Balaban J connectivity index is 1.86. The van der Waals surface area contributed by atoms with Crippen molar-refractivity contribution in [3.8, 4) is 0 Å². The van der Waals surface area contributed by atoms with E-state index in [1.165, 1.54) is 0 Å². The van der Waals surface area contributed by atoms with Crippen molar-refractivity contribution >= 4 is 39.7 Å². The molecule has 0 aliphatic carbocycles. The Labute approximate surface area is 152 Å². The summed E-state index contributed by atoms with van der Waals surface area (Å²) < 4.78 is 0. The lowest BCUT2D eigenvalue weighted by atomic mass is 10.2. The summed E-state index contributed by atoms with van der Waals surface area (Å²) in [5.41, 5.74) is 5.30. The van der Waals surface area contributed by atoms with Crippen LogP contribution in [0.5, 0.6) is 0 Å². The molecule has 2 N–H and O–H groups in total. The van der Waals surface area contributed by atoms with Crippen molar-refractivity contribution in [2.24, 2.45) is 0 Å². The number of aromatic nitrogens is 2. The van der Waals surface area contributed by atoms with Crippen LogP contribution >= 0.6 is 12.2 Å². The first-order chi connectivity index (χ1) is 12.1. The molecule has 25 heavy (non-hydrogen) atoms. The van der Waals surface area contributed by atoms with Crippen LogP contribution in [0.3, 0.4) is 0 Å². The number of nitrogens with zero attached hydrogens (tertiary/aromatic N) is 3. The van der Waals surface area contributed by atoms with E-state index in [2.05, 4.69) is 15.3 Å². The standard InChI is InChI=1S/C19H20N4OS/c1-13-14(2)21-18-12-15(8-9-17(18)20-13)22-19(25)23(10-11-24)16-6-4-3-5-7-16/h3-9,12,24H,10-11H2,1-2H3,(H,22,25). The Morgan fingerprint density at radius 3 is 2.40 bits per heavy atom. The molecule has 0 bridgehead atoms. The minimum atomic E-state index is 0.0123. The van der Waals surface area contributed by atoms with Crippen LogP contribution in [0.15, 0.2) is 48.5 Å². The van der Waals surface area contributed by atoms with Crippen LogP contribution in [0, 0.1) is 13.8 Å². The lowest BCUT2D eigenvalue weighted by molar-refractivity contribution is 0.306. The van der Waals surface area contributed by atoms with Gasteiger partial charge in [0.1, 0.15) is 0 Å². The molecule has 0 unspecified atom stereocenters. The van der Waals surface area contributed by atoms with E-state index < -0.39 is 0 Å². The summed E-state index contributed by atoms with van der Waals surface area (Å²) in [6.07, 6.45) is 0. The molecule has 3 aromatic rings. The number of thiocarbonyl (C=S) groups is 1. The lowest BCUT2D eigenvalue weighted by Crippen LogP contribution is -2.36. The Morgan fingerprint density at radius 2 is 1.72 bits per heavy atom. The number of aliphatic hydroxyl groups excluding tert-OH is 1. The fourth-order valence-electron chi connectivity index (χ4n) is 2.56. The maximum atomic E-state index is 9.36. The Bertz CT molecular complexity index is 899. The zero-order chi connectivity index (χ0) is 17.8. The molecular formula is C19H20N4OS. The molecule has 1 heterocycles. The average molecular weight is 352 g/mol. The number of para-hydroxylation sites is 1. The number of aliphatic hydroxyl groups is 1. The highest BCUT2D eigenvalue weighted by Gasteiger charge is 2.12. The predicted octanol–water partition coefficient (Wildman–Crippen LogP) is 3.44. The molecule has 0 fully saturated rings. The van der Waals surface area contributed by atoms with Gasteiger partial charge in [-0.25, -0.2) is 9.97 Å². The van der Waals surface area contributed by atoms with Gasteiger partial charge in [0.15, 0.2) is 5.11 Å². The second kappa shape index (κ2) is 7.55.